The van der Waals surface area contributed by atoms with Crippen LogP contribution in [0.25, 0.3) is 0 Å². The minimum Gasteiger partial charge on any atom is -0.467 e. The Kier molecular flexibility index (Phi) is 4.85. The van der Waals surface area contributed by atoms with Crippen molar-refractivity contribution in [2.45, 2.75) is 4.90 Å². The van der Waals surface area contributed by atoms with Crippen molar-refractivity contribution in [1.82, 2.24) is 24.7 Å². The lowest BCUT2D eigenvalue weighted by Gasteiger charge is -2.08. The van der Waals surface area contributed by atoms with Crippen molar-refractivity contribution in [3.05, 3.63) is 24.5 Å². The van der Waals surface area contributed by atoms with Crippen molar-refractivity contribution in [1.29, 1.82) is 0 Å². The first-order valence-corrected chi connectivity index (χ1v) is 7.51. The van der Waals surface area contributed by atoms with Crippen LogP contribution in [0.5, 0.6) is 12.0 Å². The van der Waals surface area contributed by atoms with Gasteiger partial charge in [-0.2, -0.15) is 9.97 Å². The smallest absolute Gasteiger partial charge is 0.335 e. The van der Waals surface area contributed by atoms with Gasteiger partial charge in [0.25, 0.3) is 10.0 Å². The van der Waals surface area contributed by atoms with Crippen molar-refractivity contribution in [3.8, 4) is 12.0 Å². The summed E-state index contributed by atoms with van der Waals surface area (Å²) < 4.78 is 35.3. The number of anilines is 1. The summed E-state index contributed by atoms with van der Waals surface area (Å²) in [5.74, 6) is -0.243. The molecule has 12 heteroatoms. The van der Waals surface area contributed by atoms with Crippen molar-refractivity contribution in [3.63, 3.8) is 0 Å². The van der Waals surface area contributed by atoms with Gasteiger partial charge in [-0.1, -0.05) is 0 Å². The topological polar surface area (TPSA) is 145 Å². The van der Waals surface area contributed by atoms with E-state index >= 15 is 0 Å². The van der Waals surface area contributed by atoms with Crippen molar-refractivity contribution in [2.75, 3.05) is 19.5 Å². The summed E-state index contributed by atoms with van der Waals surface area (Å²) in [4.78, 5) is 26.5. The predicted octanol–water partition coefficient (Wildman–Crippen LogP) is -0.206. The first kappa shape index (κ1) is 16.4. The van der Waals surface area contributed by atoms with Crippen LogP contribution in [0.15, 0.2) is 29.4 Å². The molecule has 0 fully saturated rings. The van der Waals surface area contributed by atoms with E-state index in [4.69, 9.17) is 9.47 Å². The third kappa shape index (κ3) is 4.23. The number of rotatable bonds is 5. The molecule has 0 aliphatic heterocycles. The summed E-state index contributed by atoms with van der Waals surface area (Å²) in [6.07, 6.45) is 2.51. The number of sulfonamides is 1. The predicted molar refractivity (Wildman–Crippen MR) is 76.5 cm³/mol. The molecule has 0 saturated carbocycles. The Labute approximate surface area is 131 Å². The molecule has 2 rings (SSSR count). The summed E-state index contributed by atoms with van der Waals surface area (Å²) in [6, 6.07) is 1.43. The number of nitrogens with zero attached hydrogens (tertiary/aromatic N) is 4. The van der Waals surface area contributed by atoms with Gasteiger partial charge in [-0.15, -0.1) is 4.98 Å². The van der Waals surface area contributed by atoms with Gasteiger partial charge >= 0.3 is 18.1 Å². The van der Waals surface area contributed by atoms with Gasteiger partial charge in [-0.25, -0.2) is 17.9 Å². The maximum absolute atomic E-state index is 12.0. The van der Waals surface area contributed by atoms with Crippen LogP contribution in [0.3, 0.4) is 0 Å². The van der Waals surface area contributed by atoms with Crippen LogP contribution in [-0.2, 0) is 10.0 Å². The van der Waals surface area contributed by atoms with E-state index in [0.717, 1.165) is 6.20 Å². The molecule has 2 N–H and O–H groups in total. The van der Waals surface area contributed by atoms with Crippen LogP contribution in [0.1, 0.15) is 0 Å². The first-order valence-electron chi connectivity index (χ1n) is 6.02. The van der Waals surface area contributed by atoms with Crippen LogP contribution in [0.4, 0.5) is 10.7 Å². The number of urea groups is 1. The number of amides is 2. The van der Waals surface area contributed by atoms with Gasteiger partial charge in [-0.3, -0.25) is 10.3 Å². The highest BCUT2D eigenvalue weighted by Crippen LogP contribution is 2.12. The minimum absolute atomic E-state index is 0.109. The quantitative estimate of drug-likeness (QED) is 0.755. The molecule has 0 bridgehead atoms. The fraction of sp³-hybridized carbons (Fsp3) is 0.182. The minimum atomic E-state index is -4.07. The zero-order chi connectivity index (χ0) is 16.9. The molecule has 0 radical (unpaired) electrons. The Bertz CT molecular complexity index is 776. The summed E-state index contributed by atoms with van der Waals surface area (Å²) in [5, 5.41) is 2.15. The fourth-order valence-corrected chi connectivity index (χ4v) is 2.26. The average Bonchev–Trinajstić information content (AvgIpc) is 2.54. The molecule has 2 amide bonds. The Morgan fingerprint density at radius 1 is 1.13 bits per heavy atom. The number of carbonyl (C=O) groups excluding carboxylic acids is 1. The Morgan fingerprint density at radius 3 is 2.30 bits per heavy atom. The number of carbonyl (C=O) groups is 1. The number of hydrogen-bond donors (Lipinski definition) is 2. The Morgan fingerprint density at radius 2 is 1.78 bits per heavy atom. The second-order valence-corrected chi connectivity index (χ2v) is 5.56. The van der Waals surface area contributed by atoms with Gasteiger partial charge in [0.2, 0.25) is 5.95 Å². The molecule has 2 heterocycles. The molecule has 11 nitrogen and oxygen atoms in total. The van der Waals surface area contributed by atoms with Crippen LogP contribution >= 0.6 is 0 Å². The van der Waals surface area contributed by atoms with Crippen LogP contribution < -0.4 is 19.5 Å². The fourth-order valence-electron chi connectivity index (χ4n) is 1.39. The number of nitrogens with one attached hydrogen (secondary N) is 2. The zero-order valence-corrected chi connectivity index (χ0v) is 12.9. The summed E-state index contributed by atoms with van der Waals surface area (Å²) in [7, 11) is -1.45. The van der Waals surface area contributed by atoms with Gasteiger partial charge in [0, 0.05) is 12.4 Å². The molecule has 0 spiro atoms. The van der Waals surface area contributed by atoms with Crippen molar-refractivity contribution in [2.24, 2.45) is 0 Å². The molecule has 0 atom stereocenters. The van der Waals surface area contributed by atoms with E-state index in [0.29, 0.717) is 0 Å². The second kappa shape index (κ2) is 6.83. The van der Waals surface area contributed by atoms with Gasteiger partial charge in [0.15, 0.2) is 0 Å². The molecule has 0 aliphatic carbocycles. The van der Waals surface area contributed by atoms with Gasteiger partial charge in [0.05, 0.1) is 14.2 Å². The van der Waals surface area contributed by atoms with E-state index in [1.165, 1.54) is 32.5 Å². The summed E-state index contributed by atoms with van der Waals surface area (Å²) >= 11 is 0. The SMILES string of the molecule is COc1nc(NC(=O)NS(=O)(=O)c2cccnc2)nc(OC)n1. The van der Waals surface area contributed by atoms with E-state index in [1.54, 1.807) is 4.72 Å². The molecular formula is C11H12N6O5S. The zero-order valence-electron chi connectivity index (χ0n) is 12.0. The Hall–Kier alpha value is -3.02. The van der Waals surface area contributed by atoms with Gasteiger partial charge < -0.3 is 9.47 Å². The van der Waals surface area contributed by atoms with Crippen molar-refractivity contribution >= 4 is 22.0 Å². The summed E-state index contributed by atoms with van der Waals surface area (Å²) in [5.41, 5.74) is 0. The van der Waals surface area contributed by atoms with Gasteiger partial charge in [-0.05, 0) is 12.1 Å². The molecule has 2 aromatic heterocycles. The average molecular weight is 340 g/mol. The van der Waals surface area contributed by atoms with E-state index < -0.39 is 16.1 Å². The molecule has 2 aromatic rings. The number of hydrogen-bond acceptors (Lipinski definition) is 9. The highest BCUT2D eigenvalue weighted by molar-refractivity contribution is 7.90. The largest absolute Gasteiger partial charge is 0.467 e. The molecule has 0 saturated heterocycles. The van der Waals surface area contributed by atoms with Crippen LogP contribution in [-0.4, -0.2) is 48.6 Å². The lowest BCUT2D eigenvalue weighted by molar-refractivity contribution is 0.256. The first-order chi connectivity index (χ1) is 10.9. The highest BCUT2D eigenvalue weighted by Gasteiger charge is 2.19. The second-order valence-electron chi connectivity index (χ2n) is 3.88. The normalized spacial score (nSPS) is 10.7. The molecule has 0 unspecified atom stereocenters. The number of pyridine rings is 1. The lowest BCUT2D eigenvalue weighted by atomic mass is 10.5. The van der Waals surface area contributed by atoms with E-state index in [1.807, 2.05) is 0 Å². The number of aromatic nitrogens is 4. The molecule has 0 aromatic carbocycles. The van der Waals surface area contributed by atoms with Crippen LogP contribution in [0.2, 0.25) is 0 Å². The third-order valence-electron chi connectivity index (χ3n) is 2.36. The Balaban J connectivity index is 2.14. The molecular weight excluding hydrogens is 328 g/mol. The number of methoxy groups -OCH3 is 2. The lowest BCUT2D eigenvalue weighted by Crippen LogP contribution is -2.35. The highest BCUT2D eigenvalue weighted by atomic mass is 32.2. The van der Waals surface area contributed by atoms with E-state index in [-0.39, 0.29) is 22.9 Å². The molecule has 0 aliphatic rings. The van der Waals surface area contributed by atoms with E-state index in [2.05, 4.69) is 25.3 Å². The maximum Gasteiger partial charge on any atom is 0.335 e. The van der Waals surface area contributed by atoms with Gasteiger partial charge in [0.1, 0.15) is 4.90 Å². The molecule has 122 valence electrons. The third-order valence-corrected chi connectivity index (χ3v) is 3.67. The number of ether oxygens (including phenoxy) is 2. The van der Waals surface area contributed by atoms with Crippen molar-refractivity contribution < 1.29 is 22.7 Å². The standard InChI is InChI=1S/C11H12N6O5S/c1-21-10-14-8(15-11(16-10)22-2)13-9(18)17-23(19,20)7-4-3-5-12-6-7/h3-6H,1-2H3,(H2,13,14,15,16,17,18). The maximum atomic E-state index is 12.0. The summed E-state index contributed by atoms with van der Waals surface area (Å²) in [6.45, 7) is 0. The molecule has 23 heavy (non-hydrogen) atoms. The van der Waals surface area contributed by atoms with E-state index in [9.17, 15) is 13.2 Å². The monoisotopic (exact) mass is 340 g/mol. The van der Waals surface area contributed by atoms with Crippen LogP contribution in [0, 0.1) is 0 Å².